The lowest BCUT2D eigenvalue weighted by molar-refractivity contribution is 0.102. The molecular formula is C11H13BrO3S2. The highest BCUT2D eigenvalue weighted by atomic mass is 79.9. The number of hydrogen-bond acceptors (Lipinski definition) is 4. The van der Waals surface area contributed by atoms with Gasteiger partial charge >= 0.3 is 0 Å². The fourth-order valence-corrected chi connectivity index (χ4v) is 4.96. The minimum atomic E-state index is -1.14. The van der Waals surface area contributed by atoms with Gasteiger partial charge in [-0.2, -0.15) is 0 Å². The van der Waals surface area contributed by atoms with Crippen LogP contribution in [0.25, 0.3) is 0 Å². The predicted molar refractivity (Wildman–Crippen MR) is 73.2 cm³/mol. The molecule has 3 atom stereocenters. The first-order valence-corrected chi connectivity index (χ1v) is 8.40. The molecular weight excluding hydrogens is 324 g/mol. The summed E-state index contributed by atoms with van der Waals surface area (Å²) >= 11 is 4.70. The molecule has 0 N–H and O–H groups in total. The molecule has 0 amide bonds. The summed E-state index contributed by atoms with van der Waals surface area (Å²) in [5.74, 6) is 0.0432. The van der Waals surface area contributed by atoms with E-state index < -0.39 is 10.8 Å². The molecule has 2 rings (SSSR count). The van der Waals surface area contributed by atoms with E-state index in [9.17, 15) is 9.00 Å². The van der Waals surface area contributed by atoms with Gasteiger partial charge in [0.2, 0.25) is 0 Å². The summed E-state index contributed by atoms with van der Waals surface area (Å²) in [6, 6.07) is 1.84. The van der Waals surface area contributed by atoms with Crippen molar-refractivity contribution >= 4 is 43.8 Å². The van der Waals surface area contributed by atoms with Crippen LogP contribution in [-0.2, 0) is 15.5 Å². The maximum atomic E-state index is 12.1. The Kier molecular flexibility index (Phi) is 4.52. The topological polar surface area (TPSA) is 43.4 Å². The third-order valence-corrected chi connectivity index (χ3v) is 6.51. The number of ether oxygens (including phenoxy) is 1. The second-order valence-electron chi connectivity index (χ2n) is 3.95. The minimum absolute atomic E-state index is 0.00214. The third-order valence-electron chi connectivity index (χ3n) is 2.79. The van der Waals surface area contributed by atoms with Gasteiger partial charge in [0.1, 0.15) is 0 Å². The molecule has 0 aromatic carbocycles. The lowest BCUT2D eigenvalue weighted by Crippen LogP contribution is -2.27. The first-order valence-electron chi connectivity index (χ1n) is 5.34. The highest BCUT2D eigenvalue weighted by Crippen LogP contribution is 2.25. The molecule has 1 saturated heterocycles. The number of hydrogen-bond donors (Lipinski definition) is 0. The Bertz CT molecular complexity index is 444. The maximum Gasteiger partial charge on any atom is 0.186 e. The molecule has 0 aliphatic carbocycles. The van der Waals surface area contributed by atoms with Crippen molar-refractivity contribution in [3.05, 3.63) is 20.8 Å². The lowest BCUT2D eigenvalue weighted by Gasteiger charge is -2.12. The highest BCUT2D eigenvalue weighted by molar-refractivity contribution is 9.10. The Balaban J connectivity index is 2.00. The Morgan fingerprint density at radius 3 is 3.00 bits per heavy atom. The van der Waals surface area contributed by atoms with Crippen molar-refractivity contribution in [2.75, 3.05) is 12.4 Å². The van der Waals surface area contributed by atoms with E-state index >= 15 is 0 Å². The zero-order valence-corrected chi connectivity index (χ0v) is 12.6. The van der Waals surface area contributed by atoms with E-state index in [-0.39, 0.29) is 22.9 Å². The average molecular weight is 337 g/mol. The standard InChI is InChI=1S/C11H13BrO3S2/c1-7-10(2-4-15-7)17(14)6-9(13)11-8(12)3-5-16-11/h3,5,7,10H,2,4,6H2,1H3. The van der Waals surface area contributed by atoms with E-state index in [1.165, 1.54) is 11.3 Å². The van der Waals surface area contributed by atoms with E-state index in [0.29, 0.717) is 11.5 Å². The fraction of sp³-hybridized carbons (Fsp3) is 0.545. The van der Waals surface area contributed by atoms with Gasteiger partial charge in [0.15, 0.2) is 5.78 Å². The van der Waals surface area contributed by atoms with Crippen LogP contribution in [-0.4, -0.2) is 33.7 Å². The van der Waals surface area contributed by atoms with Crippen molar-refractivity contribution in [2.45, 2.75) is 24.7 Å². The second-order valence-corrected chi connectivity index (χ2v) is 7.38. The first kappa shape index (κ1) is 13.4. The average Bonchev–Trinajstić information content (AvgIpc) is 2.86. The predicted octanol–water partition coefficient (Wildman–Crippen LogP) is 2.62. The van der Waals surface area contributed by atoms with Gasteiger partial charge in [-0.3, -0.25) is 9.00 Å². The monoisotopic (exact) mass is 336 g/mol. The van der Waals surface area contributed by atoms with Crippen molar-refractivity contribution in [1.29, 1.82) is 0 Å². The number of carbonyl (C=O) groups is 1. The Labute approximate surface area is 115 Å². The zero-order valence-electron chi connectivity index (χ0n) is 9.35. The molecule has 3 nitrogen and oxygen atoms in total. The molecule has 3 unspecified atom stereocenters. The SMILES string of the molecule is CC1OCCC1S(=O)CC(=O)c1sccc1Br. The van der Waals surface area contributed by atoms with E-state index in [1.54, 1.807) is 0 Å². The molecule has 2 heterocycles. The molecule has 6 heteroatoms. The lowest BCUT2D eigenvalue weighted by atomic mass is 10.3. The van der Waals surface area contributed by atoms with Gasteiger partial charge in [-0.25, -0.2) is 0 Å². The van der Waals surface area contributed by atoms with Crippen LogP contribution in [0.1, 0.15) is 23.0 Å². The van der Waals surface area contributed by atoms with Crippen molar-refractivity contribution in [2.24, 2.45) is 0 Å². The van der Waals surface area contributed by atoms with Crippen LogP contribution >= 0.6 is 27.3 Å². The normalized spacial score (nSPS) is 26.0. The van der Waals surface area contributed by atoms with Gasteiger partial charge in [0, 0.05) is 21.9 Å². The number of carbonyl (C=O) groups excluding carboxylic acids is 1. The largest absolute Gasteiger partial charge is 0.377 e. The number of halogens is 1. The van der Waals surface area contributed by atoms with Crippen molar-refractivity contribution in [1.82, 2.24) is 0 Å². The Morgan fingerprint density at radius 1 is 1.71 bits per heavy atom. The highest BCUT2D eigenvalue weighted by Gasteiger charge is 2.31. The van der Waals surface area contributed by atoms with Crippen LogP contribution in [0.2, 0.25) is 0 Å². The molecule has 0 radical (unpaired) electrons. The van der Waals surface area contributed by atoms with Crippen LogP contribution in [0.4, 0.5) is 0 Å². The van der Waals surface area contributed by atoms with E-state index in [1.807, 2.05) is 18.4 Å². The van der Waals surface area contributed by atoms with E-state index in [0.717, 1.165) is 10.9 Å². The summed E-state index contributed by atoms with van der Waals surface area (Å²) in [4.78, 5) is 12.6. The molecule has 1 aromatic heterocycles. The number of thiophene rings is 1. The minimum Gasteiger partial charge on any atom is -0.377 e. The molecule has 0 saturated carbocycles. The quantitative estimate of drug-likeness (QED) is 0.794. The van der Waals surface area contributed by atoms with E-state index in [2.05, 4.69) is 15.9 Å². The summed E-state index contributed by atoms with van der Waals surface area (Å²) in [5.41, 5.74) is 0. The zero-order chi connectivity index (χ0) is 12.4. The third kappa shape index (κ3) is 3.05. The van der Waals surface area contributed by atoms with Gasteiger partial charge in [0.05, 0.1) is 22.0 Å². The summed E-state index contributed by atoms with van der Waals surface area (Å²) in [6.45, 7) is 2.57. The van der Waals surface area contributed by atoms with Crippen LogP contribution in [0.3, 0.4) is 0 Å². The number of ketones is 1. The van der Waals surface area contributed by atoms with Crippen molar-refractivity contribution in [3.63, 3.8) is 0 Å². The Morgan fingerprint density at radius 2 is 2.47 bits per heavy atom. The summed E-state index contributed by atoms with van der Waals surface area (Å²) in [5, 5.41) is 1.85. The second kappa shape index (κ2) is 5.73. The van der Waals surface area contributed by atoms with Gasteiger partial charge < -0.3 is 4.74 Å². The molecule has 0 spiro atoms. The summed E-state index contributed by atoms with van der Waals surface area (Å²) in [7, 11) is -1.14. The van der Waals surface area contributed by atoms with Gasteiger partial charge in [0.25, 0.3) is 0 Å². The molecule has 94 valence electrons. The van der Waals surface area contributed by atoms with Crippen LogP contribution in [0.5, 0.6) is 0 Å². The Hall–Kier alpha value is -0.0400. The molecule has 1 aliphatic heterocycles. The summed E-state index contributed by atoms with van der Waals surface area (Å²) in [6.07, 6.45) is 0.780. The molecule has 1 aromatic rings. The molecule has 0 bridgehead atoms. The molecule has 1 aliphatic rings. The molecule has 17 heavy (non-hydrogen) atoms. The number of rotatable bonds is 4. The summed E-state index contributed by atoms with van der Waals surface area (Å²) < 4.78 is 18.2. The van der Waals surface area contributed by atoms with Crippen LogP contribution in [0.15, 0.2) is 15.9 Å². The number of Topliss-reactive ketones (excluding diaryl/α,β-unsaturated/α-hetero) is 1. The van der Waals surface area contributed by atoms with Gasteiger partial charge in [-0.15, -0.1) is 11.3 Å². The fourth-order valence-electron chi connectivity index (χ4n) is 1.85. The van der Waals surface area contributed by atoms with Crippen molar-refractivity contribution < 1.29 is 13.7 Å². The maximum absolute atomic E-state index is 12.1. The smallest absolute Gasteiger partial charge is 0.186 e. The van der Waals surface area contributed by atoms with Gasteiger partial charge in [-0.05, 0) is 40.7 Å². The van der Waals surface area contributed by atoms with Crippen LogP contribution in [0, 0.1) is 0 Å². The van der Waals surface area contributed by atoms with E-state index in [4.69, 9.17) is 4.74 Å². The van der Waals surface area contributed by atoms with Crippen LogP contribution < -0.4 is 0 Å². The van der Waals surface area contributed by atoms with Gasteiger partial charge in [-0.1, -0.05) is 0 Å². The van der Waals surface area contributed by atoms with Crippen molar-refractivity contribution in [3.8, 4) is 0 Å². The first-order chi connectivity index (χ1) is 8.09. The molecule has 1 fully saturated rings.